The predicted octanol–water partition coefficient (Wildman–Crippen LogP) is -0.165. The summed E-state index contributed by atoms with van der Waals surface area (Å²) in [5.74, 6) is 0. The van der Waals surface area contributed by atoms with E-state index in [1.807, 2.05) is 0 Å². The fraction of sp³-hybridized carbons (Fsp3) is 1.00. The van der Waals surface area contributed by atoms with Crippen molar-refractivity contribution in [2.75, 3.05) is 46.4 Å². The molecule has 0 bridgehead atoms. The van der Waals surface area contributed by atoms with Gasteiger partial charge in [-0.1, -0.05) is 0 Å². The third kappa shape index (κ3) is 1.93. The van der Waals surface area contributed by atoms with E-state index in [1.54, 1.807) is 0 Å². The summed E-state index contributed by atoms with van der Waals surface area (Å²) >= 11 is 0. The third-order valence-electron chi connectivity index (χ3n) is 3.52. The van der Waals surface area contributed by atoms with Crippen molar-refractivity contribution in [3.05, 3.63) is 0 Å². The Labute approximate surface area is 85.6 Å². The molecule has 1 unspecified atom stereocenters. The number of hydrogen-bond donors (Lipinski definition) is 1. The topological polar surface area (TPSA) is 32.7 Å². The van der Waals surface area contributed by atoms with Crippen LogP contribution in [0.3, 0.4) is 0 Å². The molecule has 0 aromatic rings. The highest BCUT2D eigenvalue weighted by Gasteiger charge is 2.38. The quantitative estimate of drug-likeness (QED) is 0.630. The Morgan fingerprint density at radius 2 is 1.79 bits per heavy atom. The minimum absolute atomic E-state index is 0.318. The van der Waals surface area contributed by atoms with Gasteiger partial charge in [0.05, 0.1) is 20.3 Å². The molecular weight excluding hydrogens is 180 g/mol. The zero-order valence-electron chi connectivity index (χ0n) is 8.98. The molecule has 1 atom stereocenters. The van der Waals surface area contributed by atoms with Gasteiger partial charge in [0.15, 0.2) is 0 Å². The molecule has 2 aliphatic heterocycles. The largest absolute Gasteiger partial charge is 0.370 e. The zero-order valence-corrected chi connectivity index (χ0v) is 8.98. The standard InChI is InChI=1S/C10H21N2O2/c1-12(6-8-14-9-7-12)10(13)11-4-2-3-5-11/h10,13H,2-9H2,1H3/q+1. The van der Waals surface area contributed by atoms with Crippen LogP contribution in [0.5, 0.6) is 0 Å². The fourth-order valence-corrected chi connectivity index (χ4v) is 2.36. The average molecular weight is 201 g/mol. The summed E-state index contributed by atoms with van der Waals surface area (Å²) in [7, 11) is 2.13. The van der Waals surface area contributed by atoms with Crippen molar-refractivity contribution in [2.45, 2.75) is 19.2 Å². The first-order chi connectivity index (χ1) is 6.72. The maximum absolute atomic E-state index is 10.3. The molecule has 4 nitrogen and oxygen atoms in total. The monoisotopic (exact) mass is 201 g/mol. The normalized spacial score (nSPS) is 30.4. The van der Waals surface area contributed by atoms with Crippen LogP contribution in [0.2, 0.25) is 0 Å². The minimum atomic E-state index is -0.318. The van der Waals surface area contributed by atoms with Gasteiger partial charge in [-0.05, 0) is 12.8 Å². The van der Waals surface area contributed by atoms with E-state index >= 15 is 0 Å². The minimum Gasteiger partial charge on any atom is -0.370 e. The molecule has 2 heterocycles. The Kier molecular flexibility index (Phi) is 3.07. The maximum Gasteiger partial charge on any atom is 0.253 e. The van der Waals surface area contributed by atoms with Crippen molar-refractivity contribution >= 4 is 0 Å². The summed E-state index contributed by atoms with van der Waals surface area (Å²) in [5, 5.41) is 10.3. The average Bonchev–Trinajstić information content (AvgIpc) is 2.70. The number of ether oxygens (including phenoxy) is 1. The van der Waals surface area contributed by atoms with Gasteiger partial charge in [0, 0.05) is 13.1 Å². The molecule has 0 radical (unpaired) electrons. The molecule has 0 spiro atoms. The Balaban J connectivity index is 1.96. The van der Waals surface area contributed by atoms with Crippen LogP contribution in [-0.4, -0.2) is 67.3 Å². The van der Waals surface area contributed by atoms with E-state index in [0.717, 1.165) is 43.9 Å². The second-order valence-electron chi connectivity index (χ2n) is 4.63. The van der Waals surface area contributed by atoms with Gasteiger partial charge in [-0.3, -0.25) is 4.48 Å². The number of rotatable bonds is 2. The van der Waals surface area contributed by atoms with Crippen LogP contribution in [0.4, 0.5) is 0 Å². The van der Waals surface area contributed by atoms with Gasteiger partial charge in [0.2, 0.25) is 0 Å². The second kappa shape index (κ2) is 4.14. The van der Waals surface area contributed by atoms with E-state index < -0.39 is 0 Å². The Morgan fingerprint density at radius 1 is 1.21 bits per heavy atom. The highest BCUT2D eigenvalue weighted by atomic mass is 16.5. The fourth-order valence-electron chi connectivity index (χ4n) is 2.36. The molecule has 2 rings (SSSR count). The first-order valence-corrected chi connectivity index (χ1v) is 5.56. The number of quaternary nitrogens is 1. The van der Waals surface area contributed by atoms with E-state index in [0.29, 0.717) is 0 Å². The zero-order chi connectivity index (χ0) is 10.0. The van der Waals surface area contributed by atoms with Crippen molar-refractivity contribution < 1.29 is 14.3 Å². The highest BCUT2D eigenvalue weighted by Crippen LogP contribution is 2.19. The van der Waals surface area contributed by atoms with Gasteiger partial charge >= 0.3 is 0 Å². The number of likely N-dealkylation sites (N-methyl/N-ethyl adjacent to an activating group) is 1. The summed E-state index contributed by atoms with van der Waals surface area (Å²) < 4.78 is 6.07. The van der Waals surface area contributed by atoms with E-state index in [1.165, 1.54) is 12.8 Å². The number of hydrogen-bond acceptors (Lipinski definition) is 3. The summed E-state index contributed by atoms with van der Waals surface area (Å²) in [4.78, 5) is 2.20. The number of aliphatic hydroxyl groups is 1. The molecule has 0 aromatic heterocycles. The van der Waals surface area contributed by atoms with E-state index in [4.69, 9.17) is 4.74 Å². The van der Waals surface area contributed by atoms with Crippen LogP contribution < -0.4 is 0 Å². The van der Waals surface area contributed by atoms with Gasteiger partial charge in [0.25, 0.3) is 6.35 Å². The first kappa shape index (κ1) is 10.4. The second-order valence-corrected chi connectivity index (χ2v) is 4.63. The molecule has 1 N–H and O–H groups in total. The van der Waals surface area contributed by atoms with Crippen molar-refractivity contribution in [1.82, 2.24) is 4.90 Å². The van der Waals surface area contributed by atoms with Crippen molar-refractivity contribution in [2.24, 2.45) is 0 Å². The van der Waals surface area contributed by atoms with Crippen LogP contribution in [-0.2, 0) is 4.74 Å². The SMILES string of the molecule is C[N+]1(C(O)N2CCCC2)CCOCC1. The van der Waals surface area contributed by atoms with Crippen molar-refractivity contribution in [3.63, 3.8) is 0 Å². The smallest absolute Gasteiger partial charge is 0.253 e. The van der Waals surface area contributed by atoms with Gasteiger partial charge in [-0.2, -0.15) is 0 Å². The van der Waals surface area contributed by atoms with Gasteiger partial charge < -0.3 is 9.84 Å². The molecule has 0 aromatic carbocycles. The van der Waals surface area contributed by atoms with E-state index in [9.17, 15) is 5.11 Å². The molecule has 2 aliphatic rings. The van der Waals surface area contributed by atoms with Crippen LogP contribution >= 0.6 is 0 Å². The number of likely N-dealkylation sites (tertiary alicyclic amines) is 1. The van der Waals surface area contributed by atoms with Gasteiger partial charge in [-0.15, -0.1) is 0 Å². The summed E-state index contributed by atoms with van der Waals surface area (Å²) in [6, 6.07) is 0. The predicted molar refractivity (Wildman–Crippen MR) is 53.6 cm³/mol. The summed E-state index contributed by atoms with van der Waals surface area (Å²) in [6.07, 6.45) is 2.14. The highest BCUT2D eigenvalue weighted by molar-refractivity contribution is 4.65. The van der Waals surface area contributed by atoms with Crippen LogP contribution in [0.15, 0.2) is 0 Å². The lowest BCUT2D eigenvalue weighted by atomic mass is 10.3. The summed E-state index contributed by atoms with van der Waals surface area (Å²) in [6.45, 7) is 5.52. The molecule has 0 saturated carbocycles. The molecule has 0 amide bonds. The number of aliphatic hydroxyl groups excluding tert-OH is 1. The first-order valence-electron chi connectivity index (χ1n) is 5.56. The lowest BCUT2D eigenvalue weighted by molar-refractivity contribution is -0.972. The molecule has 82 valence electrons. The molecule has 4 heteroatoms. The van der Waals surface area contributed by atoms with E-state index in [-0.39, 0.29) is 6.35 Å². The Morgan fingerprint density at radius 3 is 2.36 bits per heavy atom. The number of nitrogens with zero attached hydrogens (tertiary/aromatic N) is 2. The molecular formula is C10H21N2O2+. The molecule has 0 aliphatic carbocycles. The molecule has 14 heavy (non-hydrogen) atoms. The lowest BCUT2D eigenvalue weighted by Gasteiger charge is -2.43. The molecule has 2 fully saturated rings. The van der Waals surface area contributed by atoms with Crippen LogP contribution in [0.25, 0.3) is 0 Å². The maximum atomic E-state index is 10.3. The lowest BCUT2D eigenvalue weighted by Crippen LogP contribution is -2.63. The van der Waals surface area contributed by atoms with Gasteiger partial charge in [-0.25, -0.2) is 4.90 Å². The van der Waals surface area contributed by atoms with Gasteiger partial charge in [0.1, 0.15) is 13.1 Å². The van der Waals surface area contributed by atoms with E-state index in [2.05, 4.69) is 11.9 Å². The van der Waals surface area contributed by atoms with Crippen LogP contribution in [0, 0.1) is 0 Å². The Hall–Kier alpha value is -0.160. The molecule has 2 saturated heterocycles. The van der Waals surface area contributed by atoms with Crippen LogP contribution in [0.1, 0.15) is 12.8 Å². The van der Waals surface area contributed by atoms with Crippen molar-refractivity contribution in [1.29, 1.82) is 0 Å². The van der Waals surface area contributed by atoms with Crippen molar-refractivity contribution in [3.8, 4) is 0 Å². The Bertz CT molecular complexity index is 187. The summed E-state index contributed by atoms with van der Waals surface area (Å²) in [5.41, 5.74) is 0. The number of morpholine rings is 1. The third-order valence-corrected chi connectivity index (χ3v) is 3.52.